The van der Waals surface area contributed by atoms with Crippen LogP contribution in [0.15, 0.2) is 11.3 Å². The van der Waals surface area contributed by atoms with Crippen molar-refractivity contribution < 1.29 is 0 Å². The number of allylic oxidation sites excluding steroid dienone is 1. The fourth-order valence-corrected chi connectivity index (χ4v) is 4.33. The van der Waals surface area contributed by atoms with E-state index in [2.05, 4.69) is 39.2 Å². The first-order valence-electron chi connectivity index (χ1n) is 3.74. The molecule has 1 nitrogen and oxygen atoms in total. The van der Waals surface area contributed by atoms with Crippen LogP contribution in [-0.4, -0.2) is 16.1 Å². The van der Waals surface area contributed by atoms with Crippen LogP contribution in [0.5, 0.6) is 0 Å². The standard InChI is InChI=1S/C7H19NSi2/c1-7(2)6-9(8)10(3,4)5/h6,9H,8H2,1-5H3. The Balaban J connectivity index is 4.11. The van der Waals surface area contributed by atoms with E-state index in [1.165, 1.54) is 5.57 Å². The highest BCUT2D eigenvalue weighted by Gasteiger charge is 2.22. The maximum Gasteiger partial charge on any atom is 0.120 e. The molecule has 0 aromatic rings. The van der Waals surface area contributed by atoms with Crippen LogP contribution in [0.3, 0.4) is 0 Å². The van der Waals surface area contributed by atoms with Gasteiger partial charge in [-0.15, -0.1) is 0 Å². The molecule has 0 heterocycles. The highest BCUT2D eigenvalue weighted by Crippen LogP contribution is 2.04. The van der Waals surface area contributed by atoms with Crippen molar-refractivity contribution in [2.24, 2.45) is 5.40 Å². The molecule has 0 saturated heterocycles. The van der Waals surface area contributed by atoms with E-state index in [0.29, 0.717) is 0 Å². The predicted octanol–water partition coefficient (Wildman–Crippen LogP) is 1.59. The molecule has 2 N–H and O–H groups in total. The molecule has 0 radical (unpaired) electrons. The molecule has 1 atom stereocenters. The number of hydrogen-bond acceptors (Lipinski definition) is 1. The minimum atomic E-state index is -0.983. The van der Waals surface area contributed by atoms with Gasteiger partial charge >= 0.3 is 0 Å². The fourth-order valence-electron chi connectivity index (χ4n) is 0.609. The van der Waals surface area contributed by atoms with Crippen LogP contribution in [-0.2, 0) is 0 Å². The summed E-state index contributed by atoms with van der Waals surface area (Å²) in [5, 5.41) is 6.08. The van der Waals surface area contributed by atoms with Gasteiger partial charge in [-0.25, -0.2) is 0 Å². The van der Waals surface area contributed by atoms with E-state index in [4.69, 9.17) is 5.40 Å². The summed E-state index contributed by atoms with van der Waals surface area (Å²) in [6, 6.07) is 0. The van der Waals surface area contributed by atoms with Gasteiger partial charge in [-0.05, 0) is 13.8 Å². The molecule has 1 unspecified atom stereocenters. The lowest BCUT2D eigenvalue weighted by Gasteiger charge is -2.20. The molecule has 0 spiro atoms. The van der Waals surface area contributed by atoms with Crippen LogP contribution < -0.4 is 5.40 Å². The Hall–Kier alpha value is 0.134. The molecule has 0 aliphatic carbocycles. The Bertz CT molecular complexity index is 131. The first-order chi connectivity index (χ1) is 4.34. The summed E-state index contributed by atoms with van der Waals surface area (Å²) in [6.07, 6.45) is 0. The van der Waals surface area contributed by atoms with Gasteiger partial charge in [0, 0.05) is 0 Å². The second-order valence-corrected chi connectivity index (χ2v) is 17.4. The molecule has 60 valence electrons. The summed E-state index contributed by atoms with van der Waals surface area (Å²) >= 11 is 0. The minimum Gasteiger partial charge on any atom is -0.352 e. The number of hydrogen-bond donors (Lipinski definition) is 1. The minimum absolute atomic E-state index is 0.971. The topological polar surface area (TPSA) is 26.0 Å². The molecule has 10 heavy (non-hydrogen) atoms. The Morgan fingerprint density at radius 1 is 1.30 bits per heavy atom. The Morgan fingerprint density at radius 3 is 1.80 bits per heavy atom. The van der Waals surface area contributed by atoms with Crippen LogP contribution in [0.2, 0.25) is 19.6 Å². The van der Waals surface area contributed by atoms with E-state index in [1.807, 2.05) is 0 Å². The van der Waals surface area contributed by atoms with Gasteiger partial charge in [0.2, 0.25) is 0 Å². The lowest BCUT2D eigenvalue weighted by molar-refractivity contribution is 1.41. The van der Waals surface area contributed by atoms with Crippen LogP contribution in [0, 0.1) is 0 Å². The third-order valence-corrected chi connectivity index (χ3v) is 11.0. The normalized spacial score (nSPS) is 14.6. The molecule has 3 heteroatoms. The van der Waals surface area contributed by atoms with E-state index in [1.54, 1.807) is 0 Å². The SMILES string of the molecule is CC(C)=C[SiH](N)[Si](C)(C)C. The fraction of sp³-hybridized carbons (Fsp3) is 0.714. The first-order valence-corrected chi connectivity index (χ1v) is 10.4. The van der Waals surface area contributed by atoms with Crippen molar-refractivity contribution in [1.29, 1.82) is 0 Å². The maximum absolute atomic E-state index is 6.08. The summed E-state index contributed by atoms with van der Waals surface area (Å²) in [4.78, 5) is 0. The van der Waals surface area contributed by atoms with Gasteiger partial charge in [0.1, 0.15) is 8.48 Å². The third-order valence-electron chi connectivity index (χ3n) is 1.51. The Morgan fingerprint density at radius 2 is 1.70 bits per heavy atom. The van der Waals surface area contributed by atoms with Gasteiger partial charge in [0.05, 0.1) is 7.59 Å². The molecule has 0 rings (SSSR count). The summed E-state index contributed by atoms with van der Waals surface area (Å²) < 4.78 is 0. The zero-order valence-corrected chi connectivity index (χ0v) is 9.89. The zero-order chi connectivity index (χ0) is 8.36. The van der Waals surface area contributed by atoms with Crippen molar-refractivity contribution in [2.75, 3.05) is 0 Å². The quantitative estimate of drug-likeness (QED) is 0.631. The van der Waals surface area contributed by atoms with E-state index in [0.717, 1.165) is 0 Å². The van der Waals surface area contributed by atoms with Crippen LogP contribution >= 0.6 is 0 Å². The predicted molar refractivity (Wildman–Crippen MR) is 54.1 cm³/mol. The average Bonchev–Trinajstić information content (AvgIpc) is 1.60. The molecular weight excluding hydrogens is 154 g/mol. The van der Waals surface area contributed by atoms with Gasteiger partial charge in [-0.2, -0.15) is 0 Å². The lowest BCUT2D eigenvalue weighted by Crippen LogP contribution is -2.49. The van der Waals surface area contributed by atoms with Crippen molar-refractivity contribution in [3.8, 4) is 0 Å². The van der Waals surface area contributed by atoms with Crippen molar-refractivity contribution >= 4 is 16.1 Å². The van der Waals surface area contributed by atoms with Crippen molar-refractivity contribution in [3.63, 3.8) is 0 Å². The monoisotopic (exact) mass is 173 g/mol. The highest BCUT2D eigenvalue weighted by molar-refractivity contribution is 7.32. The molecule has 0 aliphatic rings. The smallest absolute Gasteiger partial charge is 0.120 e. The summed E-state index contributed by atoms with van der Waals surface area (Å²) in [5.74, 6) is 0. The zero-order valence-electron chi connectivity index (χ0n) is 7.73. The third kappa shape index (κ3) is 4.03. The van der Waals surface area contributed by atoms with E-state index in [9.17, 15) is 0 Å². The molecular formula is C7H19NSi2. The molecule has 0 fully saturated rings. The van der Waals surface area contributed by atoms with Crippen LogP contribution in [0.25, 0.3) is 0 Å². The van der Waals surface area contributed by atoms with Gasteiger partial charge in [0.15, 0.2) is 0 Å². The van der Waals surface area contributed by atoms with Crippen LogP contribution in [0.4, 0.5) is 0 Å². The van der Waals surface area contributed by atoms with E-state index in [-0.39, 0.29) is 0 Å². The Kier molecular flexibility index (Phi) is 3.55. The van der Waals surface area contributed by atoms with E-state index >= 15 is 0 Å². The number of nitrogens with two attached hydrogens (primary N) is 1. The summed E-state index contributed by atoms with van der Waals surface area (Å²) in [7, 11) is -1.95. The lowest BCUT2D eigenvalue weighted by atomic mass is 10.4. The average molecular weight is 173 g/mol. The molecule has 0 amide bonds. The van der Waals surface area contributed by atoms with Gasteiger partial charge in [0.25, 0.3) is 0 Å². The van der Waals surface area contributed by atoms with E-state index < -0.39 is 16.1 Å². The highest BCUT2D eigenvalue weighted by atomic mass is 29.2. The van der Waals surface area contributed by atoms with Crippen molar-refractivity contribution in [1.82, 2.24) is 0 Å². The van der Waals surface area contributed by atoms with Crippen LogP contribution in [0.1, 0.15) is 13.8 Å². The number of rotatable bonds is 2. The second-order valence-electron chi connectivity index (χ2n) is 4.14. The van der Waals surface area contributed by atoms with Gasteiger partial charge < -0.3 is 5.40 Å². The van der Waals surface area contributed by atoms with Crippen molar-refractivity contribution in [3.05, 3.63) is 11.3 Å². The first kappa shape index (κ1) is 10.1. The van der Waals surface area contributed by atoms with Gasteiger partial charge in [-0.1, -0.05) is 30.9 Å². The largest absolute Gasteiger partial charge is 0.352 e. The van der Waals surface area contributed by atoms with Crippen molar-refractivity contribution in [2.45, 2.75) is 33.5 Å². The molecule has 0 aromatic carbocycles. The summed E-state index contributed by atoms with van der Waals surface area (Å²) in [6.45, 7) is 11.3. The molecule has 0 bridgehead atoms. The molecule has 0 saturated carbocycles. The maximum atomic E-state index is 6.08. The molecule has 0 aliphatic heterocycles. The molecule has 0 aromatic heterocycles. The summed E-state index contributed by atoms with van der Waals surface area (Å²) in [5.41, 5.74) is 3.70. The second kappa shape index (κ2) is 3.50. The van der Waals surface area contributed by atoms with Gasteiger partial charge in [-0.3, -0.25) is 0 Å². The Labute approximate surface area is 66.8 Å².